The zero-order valence-electron chi connectivity index (χ0n) is 10.5. The molecule has 0 fully saturated rings. The number of aromatic nitrogens is 1. The van der Waals surface area contributed by atoms with Crippen molar-refractivity contribution in [3.63, 3.8) is 0 Å². The van der Waals surface area contributed by atoms with E-state index in [4.69, 9.17) is 4.74 Å². The van der Waals surface area contributed by atoms with E-state index in [-0.39, 0.29) is 0 Å². The first-order chi connectivity index (χ1) is 8.83. The average molecular weight is 260 g/mol. The van der Waals surface area contributed by atoms with Crippen LogP contribution < -0.4 is 10.1 Å². The highest BCUT2D eigenvalue weighted by Gasteiger charge is 2.05. The van der Waals surface area contributed by atoms with Crippen molar-refractivity contribution >= 4 is 17.6 Å². The third kappa shape index (κ3) is 3.17. The first kappa shape index (κ1) is 12.8. The summed E-state index contributed by atoms with van der Waals surface area (Å²) in [6, 6.07) is 13.9. The van der Waals surface area contributed by atoms with Crippen LogP contribution >= 0.6 is 11.8 Å². The Morgan fingerprint density at radius 3 is 2.78 bits per heavy atom. The lowest BCUT2D eigenvalue weighted by Crippen LogP contribution is -1.99. The number of hydrogen-bond donors (Lipinski definition) is 1. The number of benzene rings is 1. The van der Waals surface area contributed by atoms with Gasteiger partial charge in [-0.25, -0.2) is 4.98 Å². The van der Waals surface area contributed by atoms with Gasteiger partial charge in [0.15, 0.2) is 0 Å². The van der Waals surface area contributed by atoms with Gasteiger partial charge in [-0.2, -0.15) is 0 Å². The maximum Gasteiger partial charge on any atom is 0.132 e. The van der Waals surface area contributed by atoms with E-state index in [2.05, 4.69) is 17.2 Å². The summed E-state index contributed by atoms with van der Waals surface area (Å²) in [6.07, 6.45) is 0. The summed E-state index contributed by atoms with van der Waals surface area (Å²) in [6.45, 7) is 2.93. The van der Waals surface area contributed by atoms with Crippen LogP contribution in [0.25, 0.3) is 0 Å². The molecule has 18 heavy (non-hydrogen) atoms. The highest BCUT2D eigenvalue weighted by atomic mass is 32.2. The summed E-state index contributed by atoms with van der Waals surface area (Å²) >= 11 is 1.60. The van der Waals surface area contributed by atoms with Gasteiger partial charge in [0.1, 0.15) is 16.6 Å². The smallest absolute Gasteiger partial charge is 0.132 e. The average Bonchev–Trinajstić information content (AvgIpc) is 2.40. The fourth-order valence-electron chi connectivity index (χ4n) is 1.57. The molecule has 3 nitrogen and oxygen atoms in total. The van der Waals surface area contributed by atoms with Crippen molar-refractivity contribution in [2.45, 2.75) is 16.8 Å². The van der Waals surface area contributed by atoms with Gasteiger partial charge < -0.3 is 10.1 Å². The zero-order valence-corrected chi connectivity index (χ0v) is 11.3. The molecule has 4 heteroatoms. The molecule has 0 aliphatic rings. The van der Waals surface area contributed by atoms with Gasteiger partial charge in [-0.1, -0.05) is 30.0 Å². The third-order valence-electron chi connectivity index (χ3n) is 2.37. The summed E-state index contributed by atoms with van der Waals surface area (Å²) in [5.74, 6) is 1.77. The minimum Gasteiger partial charge on any atom is -0.496 e. The molecule has 0 spiro atoms. The molecule has 0 unspecified atom stereocenters. The van der Waals surface area contributed by atoms with E-state index in [0.717, 1.165) is 28.0 Å². The van der Waals surface area contributed by atoms with E-state index >= 15 is 0 Å². The molecule has 1 aromatic carbocycles. The summed E-state index contributed by atoms with van der Waals surface area (Å²) in [7, 11) is 1.68. The second kappa shape index (κ2) is 6.31. The van der Waals surface area contributed by atoms with Crippen LogP contribution in [0.3, 0.4) is 0 Å². The molecule has 2 rings (SSSR count). The predicted octanol–water partition coefficient (Wildman–Crippen LogP) is 3.67. The molecular formula is C14H16N2OS. The minimum atomic E-state index is 0.871. The van der Waals surface area contributed by atoms with Crippen molar-refractivity contribution in [2.75, 3.05) is 19.0 Å². The van der Waals surface area contributed by atoms with Crippen LogP contribution in [0, 0.1) is 0 Å². The Bertz CT molecular complexity index is 517. The minimum absolute atomic E-state index is 0.871. The van der Waals surface area contributed by atoms with Gasteiger partial charge in [0.2, 0.25) is 0 Å². The second-order valence-corrected chi connectivity index (χ2v) is 4.71. The molecule has 1 N–H and O–H groups in total. The fourth-order valence-corrected chi connectivity index (χ4v) is 2.48. The van der Waals surface area contributed by atoms with Crippen molar-refractivity contribution in [1.29, 1.82) is 0 Å². The molecule has 0 bridgehead atoms. The number of para-hydroxylation sites is 1. The normalized spacial score (nSPS) is 10.1. The van der Waals surface area contributed by atoms with Crippen molar-refractivity contribution in [3.05, 3.63) is 42.5 Å². The number of pyridine rings is 1. The Morgan fingerprint density at radius 1 is 1.17 bits per heavy atom. The van der Waals surface area contributed by atoms with Gasteiger partial charge in [0, 0.05) is 6.54 Å². The molecule has 0 radical (unpaired) electrons. The SMILES string of the molecule is CCNc1cccc(Sc2ccccc2OC)n1. The summed E-state index contributed by atoms with van der Waals surface area (Å²) in [5.41, 5.74) is 0. The van der Waals surface area contributed by atoms with Gasteiger partial charge in [-0.05, 0) is 31.2 Å². The number of anilines is 1. The standard InChI is InChI=1S/C14H16N2OS/c1-3-15-13-9-6-10-14(16-13)18-12-8-5-4-7-11(12)17-2/h4-10H,3H2,1-2H3,(H,15,16). The number of ether oxygens (including phenoxy) is 1. The number of hydrogen-bond acceptors (Lipinski definition) is 4. The van der Waals surface area contributed by atoms with E-state index in [9.17, 15) is 0 Å². The molecule has 2 aromatic rings. The van der Waals surface area contributed by atoms with Crippen LogP contribution in [0.4, 0.5) is 5.82 Å². The molecule has 1 heterocycles. The Morgan fingerprint density at radius 2 is 2.00 bits per heavy atom. The molecule has 0 aliphatic carbocycles. The number of methoxy groups -OCH3 is 1. The van der Waals surface area contributed by atoms with Gasteiger partial charge in [0.05, 0.1) is 12.0 Å². The monoisotopic (exact) mass is 260 g/mol. The Labute approximate surface area is 112 Å². The molecule has 0 aliphatic heterocycles. The fraction of sp³-hybridized carbons (Fsp3) is 0.214. The van der Waals surface area contributed by atoms with E-state index in [1.54, 1.807) is 18.9 Å². The van der Waals surface area contributed by atoms with Crippen LogP contribution in [0.5, 0.6) is 5.75 Å². The molecule has 94 valence electrons. The Hall–Kier alpha value is -1.68. The Kier molecular flexibility index (Phi) is 4.47. The Balaban J connectivity index is 2.20. The van der Waals surface area contributed by atoms with Gasteiger partial charge in [-0.3, -0.25) is 0 Å². The van der Waals surface area contributed by atoms with Crippen molar-refractivity contribution < 1.29 is 4.74 Å². The lowest BCUT2D eigenvalue weighted by molar-refractivity contribution is 0.405. The molecular weight excluding hydrogens is 244 g/mol. The summed E-state index contributed by atoms with van der Waals surface area (Å²) in [4.78, 5) is 5.60. The number of nitrogens with one attached hydrogen (secondary N) is 1. The van der Waals surface area contributed by atoms with Gasteiger partial charge in [0.25, 0.3) is 0 Å². The molecule has 0 amide bonds. The second-order valence-electron chi connectivity index (χ2n) is 3.64. The van der Waals surface area contributed by atoms with E-state index in [0.29, 0.717) is 0 Å². The van der Waals surface area contributed by atoms with Crippen LogP contribution in [0.15, 0.2) is 52.4 Å². The first-order valence-corrected chi connectivity index (χ1v) is 6.67. The highest BCUT2D eigenvalue weighted by Crippen LogP contribution is 2.33. The number of nitrogens with zero attached hydrogens (tertiary/aromatic N) is 1. The highest BCUT2D eigenvalue weighted by molar-refractivity contribution is 7.99. The van der Waals surface area contributed by atoms with Gasteiger partial charge >= 0.3 is 0 Å². The quantitative estimate of drug-likeness (QED) is 0.889. The molecule has 0 saturated carbocycles. The van der Waals surface area contributed by atoms with Crippen LogP contribution in [-0.2, 0) is 0 Å². The van der Waals surface area contributed by atoms with Crippen molar-refractivity contribution in [3.8, 4) is 5.75 Å². The maximum absolute atomic E-state index is 5.33. The largest absolute Gasteiger partial charge is 0.496 e. The number of rotatable bonds is 5. The summed E-state index contributed by atoms with van der Waals surface area (Å²) in [5, 5.41) is 4.16. The van der Waals surface area contributed by atoms with E-state index < -0.39 is 0 Å². The van der Waals surface area contributed by atoms with Gasteiger partial charge in [-0.15, -0.1) is 0 Å². The third-order valence-corrected chi connectivity index (χ3v) is 3.36. The lowest BCUT2D eigenvalue weighted by atomic mass is 10.3. The maximum atomic E-state index is 5.33. The van der Waals surface area contributed by atoms with Crippen LogP contribution in [0.1, 0.15) is 6.92 Å². The van der Waals surface area contributed by atoms with Crippen LogP contribution in [0.2, 0.25) is 0 Å². The topological polar surface area (TPSA) is 34.1 Å². The summed E-state index contributed by atoms with van der Waals surface area (Å²) < 4.78 is 5.33. The van der Waals surface area contributed by atoms with E-state index in [1.165, 1.54) is 0 Å². The molecule has 0 atom stereocenters. The molecule has 1 aromatic heterocycles. The molecule has 0 saturated heterocycles. The van der Waals surface area contributed by atoms with Crippen molar-refractivity contribution in [2.24, 2.45) is 0 Å². The van der Waals surface area contributed by atoms with Crippen molar-refractivity contribution in [1.82, 2.24) is 4.98 Å². The predicted molar refractivity (Wildman–Crippen MR) is 75.5 cm³/mol. The lowest BCUT2D eigenvalue weighted by Gasteiger charge is -2.08. The van der Waals surface area contributed by atoms with E-state index in [1.807, 2.05) is 42.5 Å². The zero-order chi connectivity index (χ0) is 12.8. The van der Waals surface area contributed by atoms with Crippen LogP contribution in [-0.4, -0.2) is 18.6 Å². The first-order valence-electron chi connectivity index (χ1n) is 5.85.